The van der Waals surface area contributed by atoms with E-state index in [1.54, 1.807) is 0 Å². The van der Waals surface area contributed by atoms with E-state index in [2.05, 4.69) is 0 Å². The van der Waals surface area contributed by atoms with Crippen LogP contribution < -0.4 is 0 Å². The Morgan fingerprint density at radius 2 is 1.17 bits per heavy atom. The monoisotopic (exact) mass is 266 g/mol. The van der Waals surface area contributed by atoms with E-state index in [-0.39, 0.29) is 12.2 Å². The van der Waals surface area contributed by atoms with E-state index in [1.165, 1.54) is 0 Å². The van der Waals surface area contributed by atoms with Crippen LogP contribution in [0.2, 0.25) is 0 Å². The molecule has 0 aliphatic rings. The van der Waals surface area contributed by atoms with Crippen LogP contribution in [-0.2, 0) is 4.79 Å². The van der Waals surface area contributed by atoms with E-state index >= 15 is 0 Å². The Morgan fingerprint density at radius 1 is 0.778 bits per heavy atom. The summed E-state index contributed by atoms with van der Waals surface area (Å²) in [5.74, 6) is -14.8. The van der Waals surface area contributed by atoms with Gasteiger partial charge in [0.15, 0.2) is 29.1 Å². The second-order valence-electron chi connectivity index (χ2n) is 2.98. The number of halogens is 5. The van der Waals surface area contributed by atoms with Crippen LogP contribution in [0.15, 0.2) is 12.2 Å². The number of carboxylic acid groups (broad SMARTS) is 1. The normalized spacial score (nSPS) is 10.9. The highest BCUT2D eigenvalue weighted by atomic mass is 19.2. The van der Waals surface area contributed by atoms with Gasteiger partial charge in [0.05, 0.1) is 5.56 Å². The number of hydrogen-bond acceptors (Lipinski definition) is 2. The smallest absolute Gasteiger partial charge is 0.328 e. The lowest BCUT2D eigenvalue weighted by Gasteiger charge is -2.04. The quantitative estimate of drug-likeness (QED) is 0.300. The molecular weight excluding hydrogens is 263 g/mol. The molecule has 18 heavy (non-hydrogen) atoms. The molecule has 0 bridgehead atoms. The molecule has 1 N–H and O–H groups in total. The predicted octanol–water partition coefficient (Wildman–Crippen LogP) is 2.21. The van der Waals surface area contributed by atoms with Crippen LogP contribution in [0, 0.1) is 29.1 Å². The number of carboxylic acids is 1. The summed E-state index contributed by atoms with van der Waals surface area (Å²) < 4.78 is 64.1. The number of aliphatic carboxylic acids is 1. The highest BCUT2D eigenvalue weighted by Crippen LogP contribution is 2.23. The summed E-state index contributed by atoms with van der Waals surface area (Å²) in [5.41, 5.74) is -1.70. The van der Waals surface area contributed by atoms with Crippen molar-refractivity contribution >= 4 is 11.8 Å². The third kappa shape index (κ3) is 2.36. The van der Waals surface area contributed by atoms with Crippen molar-refractivity contribution in [1.82, 2.24) is 0 Å². The first-order chi connectivity index (χ1) is 8.27. The molecule has 0 fully saturated rings. The van der Waals surface area contributed by atoms with E-state index in [9.17, 15) is 31.5 Å². The maximum atomic E-state index is 13.1. The third-order valence-corrected chi connectivity index (χ3v) is 1.83. The van der Waals surface area contributed by atoms with Crippen molar-refractivity contribution < 1.29 is 36.6 Å². The van der Waals surface area contributed by atoms with Gasteiger partial charge in [-0.25, -0.2) is 26.7 Å². The van der Waals surface area contributed by atoms with Crippen molar-refractivity contribution in [2.75, 3.05) is 0 Å². The third-order valence-electron chi connectivity index (χ3n) is 1.83. The Balaban J connectivity index is 3.42. The average molecular weight is 266 g/mol. The van der Waals surface area contributed by atoms with Crippen molar-refractivity contribution in [2.24, 2.45) is 0 Å². The summed E-state index contributed by atoms with van der Waals surface area (Å²) in [5, 5.41) is 8.17. The number of ketones is 1. The van der Waals surface area contributed by atoms with Crippen LogP contribution in [0.4, 0.5) is 22.0 Å². The van der Waals surface area contributed by atoms with Gasteiger partial charge in [-0.15, -0.1) is 0 Å². The Morgan fingerprint density at radius 3 is 1.56 bits per heavy atom. The molecule has 0 radical (unpaired) electrons. The highest BCUT2D eigenvalue weighted by molar-refractivity contribution is 6.07. The molecule has 0 atom stereocenters. The molecule has 0 unspecified atom stereocenters. The van der Waals surface area contributed by atoms with Gasteiger partial charge < -0.3 is 5.11 Å². The van der Waals surface area contributed by atoms with E-state index in [1.807, 2.05) is 0 Å². The first kappa shape index (κ1) is 13.8. The molecule has 0 saturated carbocycles. The van der Waals surface area contributed by atoms with Gasteiger partial charge >= 0.3 is 5.97 Å². The minimum atomic E-state index is -2.40. The molecule has 8 heteroatoms. The van der Waals surface area contributed by atoms with E-state index in [0.29, 0.717) is 0 Å². The fraction of sp³-hybridized carbons (Fsp3) is 0. The summed E-state index contributed by atoms with van der Waals surface area (Å²) in [6.45, 7) is 0. The molecule has 0 aliphatic carbocycles. The van der Waals surface area contributed by atoms with Gasteiger partial charge in [0, 0.05) is 6.08 Å². The zero-order valence-corrected chi connectivity index (χ0v) is 8.31. The number of rotatable bonds is 3. The second kappa shape index (κ2) is 4.94. The van der Waals surface area contributed by atoms with Crippen LogP contribution in [0.1, 0.15) is 10.4 Å². The highest BCUT2D eigenvalue weighted by Gasteiger charge is 2.28. The first-order valence-corrected chi connectivity index (χ1v) is 4.24. The lowest BCUT2D eigenvalue weighted by atomic mass is 10.1. The Bertz CT molecular complexity index is 536. The number of hydrogen-bond donors (Lipinski definition) is 1. The fourth-order valence-electron chi connectivity index (χ4n) is 1.05. The standard InChI is InChI=1S/C10H3F5O3/c11-6-5(3(16)1-2-4(17)18)7(12)9(14)10(15)8(6)13/h1-2H,(H,17,18)/b2-1+. The summed E-state index contributed by atoms with van der Waals surface area (Å²) in [6.07, 6.45) is 0.390. The SMILES string of the molecule is O=C(O)/C=C/C(=O)c1c(F)c(F)c(F)c(F)c1F. The van der Waals surface area contributed by atoms with Gasteiger partial charge in [0.25, 0.3) is 0 Å². The lowest BCUT2D eigenvalue weighted by molar-refractivity contribution is -0.131. The van der Waals surface area contributed by atoms with Crippen LogP contribution >= 0.6 is 0 Å². The van der Waals surface area contributed by atoms with E-state index in [0.717, 1.165) is 0 Å². The molecule has 0 heterocycles. The zero-order valence-electron chi connectivity index (χ0n) is 8.31. The Labute approximate surface area is 96.1 Å². The van der Waals surface area contributed by atoms with Crippen LogP contribution in [-0.4, -0.2) is 16.9 Å². The maximum absolute atomic E-state index is 13.1. The average Bonchev–Trinajstić information content (AvgIpc) is 2.31. The number of carbonyl (C=O) groups is 2. The van der Waals surface area contributed by atoms with Gasteiger partial charge in [-0.2, -0.15) is 0 Å². The lowest BCUT2D eigenvalue weighted by Crippen LogP contribution is -2.11. The van der Waals surface area contributed by atoms with E-state index in [4.69, 9.17) is 5.11 Å². The Kier molecular flexibility index (Phi) is 3.79. The van der Waals surface area contributed by atoms with Crippen molar-refractivity contribution in [1.29, 1.82) is 0 Å². The minimum Gasteiger partial charge on any atom is -0.478 e. The van der Waals surface area contributed by atoms with Gasteiger partial charge in [-0.05, 0) is 6.08 Å². The number of allylic oxidation sites excluding steroid dienone is 1. The van der Waals surface area contributed by atoms with Crippen molar-refractivity contribution in [3.8, 4) is 0 Å². The largest absolute Gasteiger partial charge is 0.478 e. The molecule has 0 spiro atoms. The minimum absolute atomic E-state index is 0.181. The van der Waals surface area contributed by atoms with Crippen LogP contribution in [0.5, 0.6) is 0 Å². The van der Waals surface area contributed by atoms with E-state index < -0.39 is 46.4 Å². The molecule has 1 rings (SSSR count). The van der Waals surface area contributed by atoms with Gasteiger partial charge in [-0.1, -0.05) is 0 Å². The zero-order chi connectivity index (χ0) is 14.0. The molecule has 0 saturated heterocycles. The first-order valence-electron chi connectivity index (χ1n) is 4.24. The summed E-state index contributed by atoms with van der Waals surface area (Å²) in [6, 6.07) is 0. The summed E-state index contributed by atoms with van der Waals surface area (Å²) in [4.78, 5) is 21.2. The van der Waals surface area contributed by atoms with Gasteiger partial charge in [0.1, 0.15) is 0 Å². The molecule has 1 aromatic rings. The molecule has 96 valence electrons. The van der Waals surface area contributed by atoms with Gasteiger partial charge in [-0.3, -0.25) is 4.79 Å². The second-order valence-corrected chi connectivity index (χ2v) is 2.98. The van der Waals surface area contributed by atoms with Crippen molar-refractivity contribution in [2.45, 2.75) is 0 Å². The number of benzene rings is 1. The fourth-order valence-corrected chi connectivity index (χ4v) is 1.05. The maximum Gasteiger partial charge on any atom is 0.328 e. The summed E-state index contributed by atoms with van der Waals surface area (Å²) >= 11 is 0. The van der Waals surface area contributed by atoms with Crippen molar-refractivity contribution in [3.05, 3.63) is 46.8 Å². The van der Waals surface area contributed by atoms with Gasteiger partial charge in [0.2, 0.25) is 5.82 Å². The molecule has 0 aliphatic heterocycles. The number of carbonyl (C=O) groups excluding carboxylic acids is 1. The van der Waals surface area contributed by atoms with Crippen LogP contribution in [0.3, 0.4) is 0 Å². The molecule has 3 nitrogen and oxygen atoms in total. The summed E-state index contributed by atoms with van der Waals surface area (Å²) in [7, 11) is 0. The van der Waals surface area contributed by atoms with Crippen molar-refractivity contribution in [3.63, 3.8) is 0 Å². The molecular formula is C10H3F5O3. The predicted molar refractivity (Wildman–Crippen MR) is 47.3 cm³/mol. The molecule has 1 aromatic carbocycles. The Hall–Kier alpha value is -2.25. The molecule has 0 aromatic heterocycles. The van der Waals surface area contributed by atoms with Crippen LogP contribution in [0.25, 0.3) is 0 Å². The molecule has 0 amide bonds. The topological polar surface area (TPSA) is 54.4 Å².